The van der Waals surface area contributed by atoms with Gasteiger partial charge in [-0.05, 0) is 25.1 Å². The standard InChI is InChI=1S/C14H17ClN2O2/c1-2-5-16-8-12-3-4-13(19-12)10-18-14-6-11(15)7-17-9-14/h3-4,6-7,9,16H,2,5,8,10H2,1H3. The van der Waals surface area contributed by atoms with Crippen molar-refractivity contribution in [3.05, 3.63) is 47.1 Å². The summed E-state index contributed by atoms with van der Waals surface area (Å²) < 4.78 is 11.2. The smallest absolute Gasteiger partial charge is 0.146 e. The molecule has 0 aliphatic rings. The molecule has 2 heterocycles. The summed E-state index contributed by atoms with van der Waals surface area (Å²) in [7, 11) is 0. The number of pyridine rings is 1. The summed E-state index contributed by atoms with van der Waals surface area (Å²) in [4.78, 5) is 3.95. The molecule has 0 fully saturated rings. The van der Waals surface area contributed by atoms with Gasteiger partial charge in [0.1, 0.15) is 23.9 Å². The zero-order valence-electron chi connectivity index (χ0n) is 10.9. The van der Waals surface area contributed by atoms with E-state index in [0.29, 0.717) is 17.4 Å². The molecule has 102 valence electrons. The molecule has 0 spiro atoms. The van der Waals surface area contributed by atoms with Gasteiger partial charge < -0.3 is 14.5 Å². The molecule has 2 aromatic rings. The third-order valence-electron chi connectivity index (χ3n) is 2.50. The first-order chi connectivity index (χ1) is 9.28. The normalized spacial score (nSPS) is 10.6. The first kappa shape index (κ1) is 13.9. The van der Waals surface area contributed by atoms with Crippen molar-refractivity contribution in [2.75, 3.05) is 6.54 Å². The van der Waals surface area contributed by atoms with E-state index in [1.807, 2.05) is 12.1 Å². The van der Waals surface area contributed by atoms with Gasteiger partial charge in [0.15, 0.2) is 0 Å². The highest BCUT2D eigenvalue weighted by atomic mass is 35.5. The molecule has 4 nitrogen and oxygen atoms in total. The molecule has 0 radical (unpaired) electrons. The highest BCUT2D eigenvalue weighted by Gasteiger charge is 2.03. The summed E-state index contributed by atoms with van der Waals surface area (Å²) in [6, 6.07) is 5.60. The molecule has 0 amide bonds. The molecule has 0 aliphatic carbocycles. The molecule has 5 heteroatoms. The largest absolute Gasteiger partial charge is 0.484 e. The summed E-state index contributed by atoms with van der Waals surface area (Å²) in [5.41, 5.74) is 0. The third kappa shape index (κ3) is 4.58. The van der Waals surface area contributed by atoms with Crippen LogP contribution >= 0.6 is 11.6 Å². The second-order valence-electron chi connectivity index (χ2n) is 4.17. The first-order valence-electron chi connectivity index (χ1n) is 6.29. The Morgan fingerprint density at radius 3 is 2.95 bits per heavy atom. The maximum Gasteiger partial charge on any atom is 0.146 e. The molecular weight excluding hydrogens is 264 g/mol. The number of furan rings is 1. The molecule has 19 heavy (non-hydrogen) atoms. The second-order valence-corrected chi connectivity index (χ2v) is 4.61. The zero-order valence-corrected chi connectivity index (χ0v) is 11.6. The summed E-state index contributed by atoms with van der Waals surface area (Å²) in [5.74, 6) is 2.33. The van der Waals surface area contributed by atoms with Gasteiger partial charge in [-0.1, -0.05) is 18.5 Å². The van der Waals surface area contributed by atoms with Gasteiger partial charge in [0.25, 0.3) is 0 Å². The van der Waals surface area contributed by atoms with Crippen LogP contribution in [-0.2, 0) is 13.2 Å². The van der Waals surface area contributed by atoms with E-state index in [-0.39, 0.29) is 0 Å². The van der Waals surface area contributed by atoms with Gasteiger partial charge in [-0.2, -0.15) is 0 Å². The number of nitrogens with zero attached hydrogens (tertiary/aromatic N) is 1. The van der Waals surface area contributed by atoms with Crippen LogP contribution in [0.15, 0.2) is 35.0 Å². The van der Waals surface area contributed by atoms with Crippen LogP contribution in [0.3, 0.4) is 0 Å². The molecule has 0 aliphatic heterocycles. The number of halogens is 1. The molecule has 2 rings (SSSR count). The molecule has 1 N–H and O–H groups in total. The Labute approximate surface area is 117 Å². The van der Waals surface area contributed by atoms with Crippen molar-refractivity contribution >= 4 is 11.6 Å². The fourth-order valence-electron chi connectivity index (χ4n) is 1.61. The maximum atomic E-state index is 5.83. The monoisotopic (exact) mass is 280 g/mol. The van der Waals surface area contributed by atoms with E-state index in [1.165, 1.54) is 0 Å². The van der Waals surface area contributed by atoms with E-state index in [4.69, 9.17) is 20.8 Å². The minimum atomic E-state index is 0.371. The van der Waals surface area contributed by atoms with Gasteiger partial charge in [0.2, 0.25) is 0 Å². The number of nitrogens with one attached hydrogen (secondary N) is 1. The van der Waals surface area contributed by atoms with Gasteiger partial charge in [-0.25, -0.2) is 0 Å². The Morgan fingerprint density at radius 2 is 2.16 bits per heavy atom. The lowest BCUT2D eigenvalue weighted by molar-refractivity contribution is 0.264. The predicted octanol–water partition coefficient (Wildman–Crippen LogP) is 3.41. The minimum absolute atomic E-state index is 0.371. The van der Waals surface area contributed by atoms with Crippen LogP contribution in [0.4, 0.5) is 0 Å². The van der Waals surface area contributed by atoms with Crippen molar-refractivity contribution in [3.8, 4) is 5.75 Å². The van der Waals surface area contributed by atoms with Crippen molar-refractivity contribution in [2.45, 2.75) is 26.5 Å². The number of ether oxygens (including phenoxy) is 1. The quantitative estimate of drug-likeness (QED) is 0.790. The van der Waals surface area contributed by atoms with Crippen molar-refractivity contribution in [2.24, 2.45) is 0 Å². The van der Waals surface area contributed by atoms with Crippen molar-refractivity contribution < 1.29 is 9.15 Å². The van der Waals surface area contributed by atoms with E-state index >= 15 is 0 Å². The molecule has 0 atom stereocenters. The van der Waals surface area contributed by atoms with Crippen LogP contribution in [-0.4, -0.2) is 11.5 Å². The van der Waals surface area contributed by atoms with E-state index in [9.17, 15) is 0 Å². The fraction of sp³-hybridized carbons (Fsp3) is 0.357. The van der Waals surface area contributed by atoms with Crippen molar-refractivity contribution in [1.82, 2.24) is 10.3 Å². The Bertz CT molecular complexity index is 514. The van der Waals surface area contributed by atoms with Crippen LogP contribution in [0.1, 0.15) is 24.9 Å². The Morgan fingerprint density at radius 1 is 1.32 bits per heavy atom. The highest BCUT2D eigenvalue weighted by Crippen LogP contribution is 2.17. The average Bonchev–Trinajstić information content (AvgIpc) is 2.85. The van der Waals surface area contributed by atoms with Crippen molar-refractivity contribution in [3.63, 3.8) is 0 Å². The Hall–Kier alpha value is -1.52. The van der Waals surface area contributed by atoms with Gasteiger partial charge in [0.05, 0.1) is 17.8 Å². The molecule has 0 bridgehead atoms. The van der Waals surface area contributed by atoms with Gasteiger partial charge >= 0.3 is 0 Å². The lowest BCUT2D eigenvalue weighted by Crippen LogP contribution is -2.13. The topological polar surface area (TPSA) is 47.3 Å². The van der Waals surface area contributed by atoms with Crippen LogP contribution in [0, 0.1) is 0 Å². The number of rotatable bonds is 7. The number of hydrogen-bond donors (Lipinski definition) is 1. The average molecular weight is 281 g/mol. The summed E-state index contributed by atoms with van der Waals surface area (Å²) in [6.07, 6.45) is 4.30. The lowest BCUT2D eigenvalue weighted by atomic mass is 10.4. The lowest BCUT2D eigenvalue weighted by Gasteiger charge is -2.03. The molecule has 2 aromatic heterocycles. The molecular formula is C14H17ClN2O2. The summed E-state index contributed by atoms with van der Waals surface area (Å²) in [6.45, 7) is 4.23. The highest BCUT2D eigenvalue weighted by molar-refractivity contribution is 6.30. The molecule has 0 unspecified atom stereocenters. The zero-order chi connectivity index (χ0) is 13.5. The van der Waals surface area contributed by atoms with E-state index in [0.717, 1.165) is 31.0 Å². The van der Waals surface area contributed by atoms with E-state index in [2.05, 4.69) is 17.2 Å². The van der Waals surface area contributed by atoms with E-state index in [1.54, 1.807) is 18.5 Å². The summed E-state index contributed by atoms with van der Waals surface area (Å²) in [5, 5.41) is 3.84. The van der Waals surface area contributed by atoms with Gasteiger partial charge in [0, 0.05) is 12.3 Å². The van der Waals surface area contributed by atoms with Crippen molar-refractivity contribution in [1.29, 1.82) is 0 Å². The van der Waals surface area contributed by atoms with Crippen LogP contribution in [0.25, 0.3) is 0 Å². The fourth-order valence-corrected chi connectivity index (χ4v) is 1.77. The van der Waals surface area contributed by atoms with Crippen LogP contribution in [0.5, 0.6) is 5.75 Å². The van der Waals surface area contributed by atoms with Crippen LogP contribution < -0.4 is 10.1 Å². The van der Waals surface area contributed by atoms with Gasteiger partial charge in [-0.15, -0.1) is 0 Å². The number of aromatic nitrogens is 1. The predicted molar refractivity (Wildman–Crippen MR) is 74.3 cm³/mol. The molecule has 0 aromatic carbocycles. The Balaban J connectivity index is 1.83. The maximum absolute atomic E-state index is 5.83. The summed E-state index contributed by atoms with van der Waals surface area (Å²) >= 11 is 5.83. The third-order valence-corrected chi connectivity index (χ3v) is 2.71. The minimum Gasteiger partial charge on any atom is -0.484 e. The Kier molecular flexibility index (Phi) is 5.24. The SMILES string of the molecule is CCCNCc1ccc(COc2cncc(Cl)c2)o1. The van der Waals surface area contributed by atoms with Gasteiger partial charge in [-0.3, -0.25) is 4.98 Å². The molecule has 0 saturated carbocycles. The van der Waals surface area contributed by atoms with Crippen LogP contribution in [0.2, 0.25) is 5.02 Å². The second kappa shape index (κ2) is 7.16. The first-order valence-corrected chi connectivity index (χ1v) is 6.67. The number of hydrogen-bond acceptors (Lipinski definition) is 4. The molecule has 0 saturated heterocycles. The van der Waals surface area contributed by atoms with E-state index < -0.39 is 0 Å².